The van der Waals surface area contributed by atoms with Crippen LogP contribution >= 0.6 is 11.6 Å². The zero-order valence-electron chi connectivity index (χ0n) is 14.4. The quantitative estimate of drug-likeness (QED) is 0.735. The zero-order valence-corrected chi connectivity index (χ0v) is 15.2. The first kappa shape index (κ1) is 16.7. The van der Waals surface area contributed by atoms with Gasteiger partial charge in [0.1, 0.15) is 0 Å². The molecule has 3 atom stereocenters. The summed E-state index contributed by atoms with van der Waals surface area (Å²) in [5.74, 6) is 0.800. The van der Waals surface area contributed by atoms with E-state index < -0.39 is 0 Å². The molecule has 0 N–H and O–H groups in total. The molecule has 4 rings (SSSR count). The molecule has 3 unspecified atom stereocenters. The molecule has 1 amide bonds. The number of rotatable bonds is 5. The Balaban J connectivity index is 1.38. The largest absolute Gasteiger partial charge is 0.339 e. The summed E-state index contributed by atoms with van der Waals surface area (Å²) in [5, 5.41) is 0.796. The van der Waals surface area contributed by atoms with Gasteiger partial charge in [-0.15, -0.1) is 0 Å². The first-order valence-corrected chi connectivity index (χ1v) is 9.70. The molecule has 130 valence electrons. The molecule has 0 spiro atoms. The zero-order chi connectivity index (χ0) is 17.2. The van der Waals surface area contributed by atoms with Crippen LogP contribution in [-0.2, 0) is 11.2 Å². The van der Waals surface area contributed by atoms with Gasteiger partial charge in [0.05, 0.1) is 0 Å². The van der Waals surface area contributed by atoms with Crippen LogP contribution in [-0.4, -0.2) is 23.4 Å². The van der Waals surface area contributed by atoms with Crippen LogP contribution in [0.25, 0.3) is 0 Å². The predicted octanol–water partition coefficient (Wildman–Crippen LogP) is 5.07. The summed E-state index contributed by atoms with van der Waals surface area (Å²) in [6, 6.07) is 18.9. The molecule has 0 radical (unpaired) electrons. The van der Waals surface area contributed by atoms with Crippen LogP contribution in [0.2, 0.25) is 5.02 Å². The normalized spacial score (nSPS) is 25.2. The number of halogens is 1. The van der Waals surface area contributed by atoms with Crippen molar-refractivity contribution in [2.45, 2.75) is 44.1 Å². The van der Waals surface area contributed by atoms with E-state index >= 15 is 0 Å². The highest BCUT2D eigenvalue weighted by atomic mass is 35.5. The summed E-state index contributed by atoms with van der Waals surface area (Å²) >= 11 is 6.31. The molecule has 2 aliphatic rings. The Morgan fingerprint density at radius 3 is 2.64 bits per heavy atom. The maximum Gasteiger partial charge on any atom is 0.226 e. The third kappa shape index (κ3) is 3.59. The number of amides is 1. The van der Waals surface area contributed by atoms with E-state index in [-0.39, 0.29) is 5.92 Å². The molecule has 1 saturated heterocycles. The molecule has 25 heavy (non-hydrogen) atoms. The van der Waals surface area contributed by atoms with Crippen LogP contribution in [0.1, 0.15) is 42.7 Å². The van der Waals surface area contributed by atoms with Gasteiger partial charge in [0, 0.05) is 23.5 Å². The van der Waals surface area contributed by atoms with Gasteiger partial charge in [-0.2, -0.15) is 0 Å². The Hall–Kier alpha value is -1.80. The summed E-state index contributed by atoms with van der Waals surface area (Å²) in [4.78, 5) is 15.2. The van der Waals surface area contributed by atoms with E-state index in [0.29, 0.717) is 17.9 Å². The number of likely N-dealkylation sites (tertiary alicyclic amines) is 1. The Labute approximate surface area is 154 Å². The molecule has 0 bridgehead atoms. The maximum atomic E-state index is 13.0. The lowest BCUT2D eigenvalue weighted by molar-refractivity contribution is -0.133. The van der Waals surface area contributed by atoms with Crippen molar-refractivity contribution in [3.63, 3.8) is 0 Å². The van der Waals surface area contributed by atoms with Gasteiger partial charge in [0.25, 0.3) is 0 Å². The minimum absolute atomic E-state index is 0.136. The average Bonchev–Trinajstić information content (AvgIpc) is 3.29. The molecule has 0 aromatic heterocycles. The number of aryl methyl sites for hydroxylation is 1. The third-order valence-corrected chi connectivity index (χ3v) is 6.03. The van der Waals surface area contributed by atoms with Gasteiger partial charge in [-0.05, 0) is 55.2 Å². The van der Waals surface area contributed by atoms with Crippen LogP contribution in [0.5, 0.6) is 0 Å². The maximum absolute atomic E-state index is 13.0. The van der Waals surface area contributed by atoms with Gasteiger partial charge in [0.2, 0.25) is 5.91 Å². The van der Waals surface area contributed by atoms with Crippen LogP contribution in [0.4, 0.5) is 0 Å². The SMILES string of the molecule is O=C(C1CC1c1ccccc1Cl)N1CCCC1CCc1ccccc1. The number of hydrogen-bond acceptors (Lipinski definition) is 1. The molecule has 2 aromatic rings. The van der Waals surface area contributed by atoms with E-state index in [0.717, 1.165) is 49.2 Å². The van der Waals surface area contributed by atoms with Gasteiger partial charge >= 0.3 is 0 Å². The number of benzene rings is 2. The molecule has 2 aromatic carbocycles. The fourth-order valence-electron chi connectivity index (χ4n) is 4.20. The van der Waals surface area contributed by atoms with E-state index in [4.69, 9.17) is 11.6 Å². The Bertz CT molecular complexity index is 745. The number of nitrogens with zero attached hydrogens (tertiary/aromatic N) is 1. The Morgan fingerprint density at radius 1 is 1.08 bits per heavy atom. The van der Waals surface area contributed by atoms with Crippen molar-refractivity contribution < 1.29 is 4.79 Å². The lowest BCUT2D eigenvalue weighted by Crippen LogP contribution is -2.37. The first-order valence-electron chi connectivity index (χ1n) is 9.33. The van der Waals surface area contributed by atoms with Crippen molar-refractivity contribution in [1.29, 1.82) is 0 Å². The van der Waals surface area contributed by atoms with Crippen molar-refractivity contribution >= 4 is 17.5 Å². The van der Waals surface area contributed by atoms with Crippen molar-refractivity contribution in [2.75, 3.05) is 6.54 Å². The third-order valence-electron chi connectivity index (χ3n) is 5.68. The summed E-state index contributed by atoms with van der Waals surface area (Å²) in [6.07, 6.45) is 5.34. The Kier molecular flexibility index (Phi) is 4.80. The van der Waals surface area contributed by atoms with Crippen molar-refractivity contribution in [2.24, 2.45) is 5.92 Å². The molecule has 1 aliphatic heterocycles. The minimum atomic E-state index is 0.136. The first-order chi connectivity index (χ1) is 12.2. The van der Waals surface area contributed by atoms with Gasteiger partial charge in [-0.3, -0.25) is 4.79 Å². The number of carbonyl (C=O) groups is 1. The summed E-state index contributed by atoms with van der Waals surface area (Å²) < 4.78 is 0. The molecule has 3 heteroatoms. The number of hydrogen-bond donors (Lipinski definition) is 0. The summed E-state index contributed by atoms with van der Waals surface area (Å²) in [5.41, 5.74) is 2.50. The monoisotopic (exact) mass is 353 g/mol. The molecule has 1 heterocycles. The van der Waals surface area contributed by atoms with Gasteiger partial charge in [-0.1, -0.05) is 60.1 Å². The van der Waals surface area contributed by atoms with E-state index in [1.165, 1.54) is 5.56 Å². The van der Waals surface area contributed by atoms with Crippen molar-refractivity contribution in [1.82, 2.24) is 4.90 Å². The fourth-order valence-corrected chi connectivity index (χ4v) is 4.48. The molecular weight excluding hydrogens is 330 g/mol. The molecule has 2 fully saturated rings. The highest BCUT2D eigenvalue weighted by Crippen LogP contribution is 2.51. The van der Waals surface area contributed by atoms with Crippen LogP contribution < -0.4 is 0 Å². The standard InChI is InChI=1S/C22H24ClNO/c23-21-11-5-4-10-18(21)19-15-20(19)22(25)24-14-6-9-17(24)13-12-16-7-2-1-3-8-16/h1-5,7-8,10-11,17,19-20H,6,9,12-15H2. The molecular formula is C22H24ClNO. The average molecular weight is 354 g/mol. The van der Waals surface area contributed by atoms with Crippen LogP contribution in [0, 0.1) is 5.92 Å². The topological polar surface area (TPSA) is 20.3 Å². The van der Waals surface area contributed by atoms with Gasteiger partial charge in [0.15, 0.2) is 0 Å². The van der Waals surface area contributed by atoms with Crippen molar-refractivity contribution in [3.8, 4) is 0 Å². The van der Waals surface area contributed by atoms with Gasteiger partial charge in [-0.25, -0.2) is 0 Å². The minimum Gasteiger partial charge on any atom is -0.339 e. The van der Waals surface area contributed by atoms with Crippen LogP contribution in [0.15, 0.2) is 54.6 Å². The molecule has 1 aliphatic carbocycles. The van der Waals surface area contributed by atoms with E-state index in [2.05, 4.69) is 41.3 Å². The summed E-state index contributed by atoms with van der Waals surface area (Å²) in [7, 11) is 0. The highest BCUT2D eigenvalue weighted by molar-refractivity contribution is 6.31. The second-order valence-corrected chi connectivity index (χ2v) is 7.73. The molecule has 1 saturated carbocycles. The lowest BCUT2D eigenvalue weighted by Gasteiger charge is -2.25. The predicted molar refractivity (Wildman–Crippen MR) is 102 cm³/mol. The van der Waals surface area contributed by atoms with E-state index in [9.17, 15) is 4.79 Å². The fraction of sp³-hybridized carbons (Fsp3) is 0.409. The Morgan fingerprint density at radius 2 is 1.84 bits per heavy atom. The second kappa shape index (κ2) is 7.21. The van der Waals surface area contributed by atoms with E-state index in [1.807, 2.05) is 18.2 Å². The summed E-state index contributed by atoms with van der Waals surface area (Å²) in [6.45, 7) is 0.921. The van der Waals surface area contributed by atoms with E-state index in [1.54, 1.807) is 0 Å². The second-order valence-electron chi connectivity index (χ2n) is 7.32. The van der Waals surface area contributed by atoms with Gasteiger partial charge < -0.3 is 4.90 Å². The smallest absolute Gasteiger partial charge is 0.226 e. The highest BCUT2D eigenvalue weighted by Gasteiger charge is 2.48. The van der Waals surface area contributed by atoms with Crippen LogP contribution in [0.3, 0.4) is 0 Å². The van der Waals surface area contributed by atoms with Crippen molar-refractivity contribution in [3.05, 3.63) is 70.7 Å². The lowest BCUT2D eigenvalue weighted by atomic mass is 10.0. The molecule has 2 nitrogen and oxygen atoms in total. The number of carbonyl (C=O) groups excluding carboxylic acids is 1.